The van der Waals surface area contributed by atoms with Crippen LogP contribution in [0.1, 0.15) is 37.7 Å². The highest BCUT2D eigenvalue weighted by Gasteiger charge is 2.19. The summed E-state index contributed by atoms with van der Waals surface area (Å²) < 4.78 is 0. The molecule has 1 saturated carbocycles. The first-order chi connectivity index (χ1) is 10.6. The number of benzene rings is 1. The quantitative estimate of drug-likeness (QED) is 0.826. The van der Waals surface area contributed by atoms with E-state index in [2.05, 4.69) is 10.6 Å². The smallest absolute Gasteiger partial charge is 0.309 e. The Labute approximate surface area is 140 Å². The molecule has 4 nitrogen and oxygen atoms in total. The van der Waals surface area contributed by atoms with Crippen molar-refractivity contribution in [2.45, 2.75) is 44.6 Å². The summed E-state index contributed by atoms with van der Waals surface area (Å²) in [5.74, 6) is -1.13. The first-order valence-electron chi connectivity index (χ1n) is 7.59. The molecule has 2 rings (SSSR count). The summed E-state index contributed by atoms with van der Waals surface area (Å²) in [7, 11) is 0. The Hall–Kier alpha value is -1.26. The first-order valence-corrected chi connectivity index (χ1v) is 8.34. The summed E-state index contributed by atoms with van der Waals surface area (Å²) in [5.41, 5.74) is 0.888. The van der Waals surface area contributed by atoms with Gasteiger partial charge < -0.3 is 10.6 Å². The van der Waals surface area contributed by atoms with Crippen molar-refractivity contribution in [1.29, 1.82) is 0 Å². The van der Waals surface area contributed by atoms with Crippen molar-refractivity contribution in [3.63, 3.8) is 0 Å². The predicted molar refractivity (Wildman–Crippen MR) is 88.2 cm³/mol. The molecule has 1 aromatic rings. The van der Waals surface area contributed by atoms with Gasteiger partial charge in [-0.1, -0.05) is 48.5 Å². The zero-order valence-corrected chi connectivity index (χ0v) is 13.8. The molecular weight excluding hydrogens is 323 g/mol. The third-order valence-electron chi connectivity index (χ3n) is 3.84. The van der Waals surface area contributed by atoms with Crippen LogP contribution in [0.25, 0.3) is 0 Å². The molecule has 120 valence electrons. The molecule has 6 heteroatoms. The number of carbonyl (C=O) groups is 2. The Morgan fingerprint density at radius 1 is 1.09 bits per heavy atom. The van der Waals surface area contributed by atoms with Crippen LogP contribution in [-0.4, -0.2) is 24.4 Å². The molecule has 2 amide bonds. The highest BCUT2D eigenvalue weighted by atomic mass is 35.5. The molecule has 2 N–H and O–H groups in total. The van der Waals surface area contributed by atoms with Crippen molar-refractivity contribution in [2.75, 3.05) is 6.54 Å². The molecule has 0 saturated heterocycles. The fourth-order valence-corrected chi connectivity index (χ4v) is 3.12. The fourth-order valence-electron chi connectivity index (χ4n) is 2.61. The molecule has 0 aromatic heterocycles. The van der Waals surface area contributed by atoms with Gasteiger partial charge >= 0.3 is 11.8 Å². The van der Waals surface area contributed by atoms with E-state index in [1.165, 1.54) is 6.42 Å². The summed E-state index contributed by atoms with van der Waals surface area (Å²) >= 11 is 11.9. The van der Waals surface area contributed by atoms with Crippen molar-refractivity contribution in [3.05, 3.63) is 33.8 Å². The van der Waals surface area contributed by atoms with E-state index < -0.39 is 11.8 Å². The van der Waals surface area contributed by atoms with Crippen LogP contribution in [0.4, 0.5) is 0 Å². The van der Waals surface area contributed by atoms with E-state index in [-0.39, 0.29) is 6.04 Å². The van der Waals surface area contributed by atoms with Crippen LogP contribution in [0.3, 0.4) is 0 Å². The Kier molecular flexibility index (Phi) is 6.52. The van der Waals surface area contributed by atoms with Gasteiger partial charge in [-0.15, -0.1) is 0 Å². The van der Waals surface area contributed by atoms with Gasteiger partial charge in [-0.3, -0.25) is 9.59 Å². The maximum atomic E-state index is 11.8. The number of amides is 2. The lowest BCUT2D eigenvalue weighted by Gasteiger charge is -2.22. The minimum atomic E-state index is -0.587. The van der Waals surface area contributed by atoms with Crippen molar-refractivity contribution in [3.8, 4) is 0 Å². The summed E-state index contributed by atoms with van der Waals surface area (Å²) in [6, 6.07) is 5.37. The SMILES string of the molecule is O=C(NCCc1ccc(Cl)cc1Cl)C(=O)NC1CCCCC1. The van der Waals surface area contributed by atoms with E-state index in [9.17, 15) is 9.59 Å². The second kappa shape index (κ2) is 8.39. The molecule has 1 fully saturated rings. The summed E-state index contributed by atoms with van der Waals surface area (Å²) in [6.45, 7) is 0.359. The number of nitrogens with one attached hydrogen (secondary N) is 2. The van der Waals surface area contributed by atoms with Gasteiger partial charge in [0.15, 0.2) is 0 Å². The number of halogens is 2. The minimum Gasteiger partial charge on any atom is -0.348 e. The number of rotatable bonds is 4. The van der Waals surface area contributed by atoms with Gasteiger partial charge in [0.1, 0.15) is 0 Å². The lowest BCUT2D eigenvalue weighted by Crippen LogP contribution is -2.45. The van der Waals surface area contributed by atoms with Crippen LogP contribution >= 0.6 is 23.2 Å². The van der Waals surface area contributed by atoms with Gasteiger partial charge in [-0.25, -0.2) is 0 Å². The van der Waals surface area contributed by atoms with Crippen LogP contribution < -0.4 is 10.6 Å². The van der Waals surface area contributed by atoms with Gasteiger partial charge in [-0.2, -0.15) is 0 Å². The van der Waals surface area contributed by atoms with Gasteiger partial charge in [0.2, 0.25) is 0 Å². The monoisotopic (exact) mass is 342 g/mol. The van der Waals surface area contributed by atoms with Crippen molar-refractivity contribution < 1.29 is 9.59 Å². The number of carbonyl (C=O) groups excluding carboxylic acids is 2. The normalized spacial score (nSPS) is 15.4. The van der Waals surface area contributed by atoms with E-state index in [1.54, 1.807) is 12.1 Å². The number of hydrogen-bond donors (Lipinski definition) is 2. The third kappa shape index (κ3) is 5.18. The summed E-state index contributed by atoms with van der Waals surface area (Å²) in [4.78, 5) is 23.6. The van der Waals surface area contributed by atoms with E-state index in [0.717, 1.165) is 31.2 Å². The molecular formula is C16H20Cl2N2O2. The molecule has 0 radical (unpaired) electrons. The average molecular weight is 343 g/mol. The summed E-state index contributed by atoms with van der Waals surface area (Å²) in [6.07, 6.45) is 5.90. The molecule has 0 heterocycles. The molecule has 1 aliphatic rings. The first kappa shape index (κ1) is 17.1. The van der Waals surface area contributed by atoms with Gasteiger partial charge in [0.25, 0.3) is 0 Å². The molecule has 22 heavy (non-hydrogen) atoms. The predicted octanol–water partition coefficient (Wildman–Crippen LogP) is 3.10. The highest BCUT2D eigenvalue weighted by Crippen LogP contribution is 2.21. The van der Waals surface area contributed by atoms with Crippen LogP contribution in [0.5, 0.6) is 0 Å². The van der Waals surface area contributed by atoms with Crippen molar-refractivity contribution in [2.24, 2.45) is 0 Å². The lowest BCUT2D eigenvalue weighted by molar-refractivity contribution is -0.139. The van der Waals surface area contributed by atoms with Gasteiger partial charge in [0, 0.05) is 22.6 Å². The lowest BCUT2D eigenvalue weighted by atomic mass is 9.95. The maximum absolute atomic E-state index is 11.8. The second-order valence-corrected chi connectivity index (χ2v) is 6.39. The molecule has 0 atom stereocenters. The van der Waals surface area contributed by atoms with Gasteiger partial charge in [0.05, 0.1) is 0 Å². The van der Waals surface area contributed by atoms with Crippen molar-refractivity contribution >= 4 is 35.0 Å². The summed E-state index contributed by atoms with van der Waals surface area (Å²) in [5, 5.41) is 6.55. The number of hydrogen-bond acceptors (Lipinski definition) is 2. The molecule has 0 spiro atoms. The third-order valence-corrected chi connectivity index (χ3v) is 4.43. The van der Waals surface area contributed by atoms with Crippen LogP contribution in [-0.2, 0) is 16.0 Å². The van der Waals surface area contributed by atoms with Gasteiger partial charge in [-0.05, 0) is 37.0 Å². The average Bonchev–Trinajstić information content (AvgIpc) is 2.50. The molecule has 0 bridgehead atoms. The van der Waals surface area contributed by atoms with Crippen LogP contribution in [0.15, 0.2) is 18.2 Å². The topological polar surface area (TPSA) is 58.2 Å². The standard InChI is InChI=1S/C16H20Cl2N2O2/c17-12-7-6-11(14(18)10-12)8-9-19-15(21)16(22)20-13-4-2-1-3-5-13/h6-7,10,13H,1-5,8-9H2,(H,19,21)(H,20,22). The fraction of sp³-hybridized carbons (Fsp3) is 0.500. The van der Waals surface area contributed by atoms with Crippen molar-refractivity contribution in [1.82, 2.24) is 10.6 Å². The molecule has 1 aliphatic carbocycles. The van der Waals surface area contributed by atoms with Crippen LogP contribution in [0.2, 0.25) is 10.0 Å². The highest BCUT2D eigenvalue weighted by molar-refractivity contribution is 6.35. The maximum Gasteiger partial charge on any atom is 0.309 e. The largest absolute Gasteiger partial charge is 0.348 e. The molecule has 1 aromatic carbocycles. The van der Waals surface area contributed by atoms with E-state index in [0.29, 0.717) is 23.0 Å². The zero-order valence-electron chi connectivity index (χ0n) is 12.3. The van der Waals surface area contributed by atoms with Crippen LogP contribution in [0, 0.1) is 0 Å². The Bertz CT molecular complexity index is 543. The molecule has 0 unspecified atom stereocenters. The Balaban J connectivity index is 1.73. The van der Waals surface area contributed by atoms with E-state index in [4.69, 9.17) is 23.2 Å². The van der Waals surface area contributed by atoms with E-state index >= 15 is 0 Å². The minimum absolute atomic E-state index is 0.137. The Morgan fingerprint density at radius 3 is 2.50 bits per heavy atom. The van der Waals surface area contributed by atoms with E-state index in [1.807, 2.05) is 6.07 Å². The molecule has 0 aliphatic heterocycles. The zero-order chi connectivity index (χ0) is 15.9. The Morgan fingerprint density at radius 2 is 1.82 bits per heavy atom. The second-order valence-electron chi connectivity index (χ2n) is 5.55.